The van der Waals surface area contributed by atoms with E-state index in [9.17, 15) is 18.0 Å². The second-order valence-corrected chi connectivity index (χ2v) is 6.14. The fourth-order valence-electron chi connectivity index (χ4n) is 2.20. The summed E-state index contributed by atoms with van der Waals surface area (Å²) in [6.45, 7) is -2.89. The zero-order valence-corrected chi connectivity index (χ0v) is 14.1. The van der Waals surface area contributed by atoms with Crippen LogP contribution in [0.25, 0.3) is 10.6 Å². The van der Waals surface area contributed by atoms with Gasteiger partial charge in [0.15, 0.2) is 0 Å². The van der Waals surface area contributed by atoms with Crippen LogP contribution in [0.3, 0.4) is 0 Å². The van der Waals surface area contributed by atoms with E-state index in [1.165, 1.54) is 47.7 Å². The lowest BCUT2D eigenvalue weighted by atomic mass is 10.2. The van der Waals surface area contributed by atoms with Gasteiger partial charge in [0.1, 0.15) is 16.6 Å². The maximum absolute atomic E-state index is 13.0. The number of ether oxygens (including phenoxy) is 1. The number of hydrogen-bond donors (Lipinski definition) is 1. The molecule has 3 aromatic rings. The minimum Gasteiger partial charge on any atom is -0.435 e. The van der Waals surface area contributed by atoms with Crippen LogP contribution >= 0.6 is 11.3 Å². The van der Waals surface area contributed by atoms with Gasteiger partial charge < -0.3 is 10.1 Å². The maximum atomic E-state index is 13.0. The molecule has 0 atom stereocenters. The minimum absolute atomic E-state index is 0.0152. The van der Waals surface area contributed by atoms with E-state index in [2.05, 4.69) is 15.0 Å². The number of benzene rings is 2. The molecule has 26 heavy (non-hydrogen) atoms. The van der Waals surface area contributed by atoms with Gasteiger partial charge >= 0.3 is 6.61 Å². The first-order valence-corrected chi connectivity index (χ1v) is 8.42. The molecule has 2 aromatic carbocycles. The lowest BCUT2D eigenvalue weighted by molar-refractivity contribution is -0.115. The third-order valence-corrected chi connectivity index (χ3v) is 4.29. The molecule has 3 rings (SSSR count). The summed E-state index contributed by atoms with van der Waals surface area (Å²) in [6.07, 6.45) is 0.0625. The van der Waals surface area contributed by atoms with Crippen LogP contribution in [0.15, 0.2) is 53.9 Å². The van der Waals surface area contributed by atoms with Crippen LogP contribution in [0, 0.1) is 5.82 Å². The summed E-state index contributed by atoms with van der Waals surface area (Å²) in [4.78, 5) is 16.5. The Bertz CT molecular complexity index is 880. The van der Waals surface area contributed by atoms with E-state index in [1.54, 1.807) is 17.5 Å². The lowest BCUT2D eigenvalue weighted by Crippen LogP contribution is -2.14. The molecule has 4 nitrogen and oxygen atoms in total. The molecule has 0 saturated carbocycles. The lowest BCUT2D eigenvalue weighted by Gasteiger charge is -2.07. The summed E-state index contributed by atoms with van der Waals surface area (Å²) in [5, 5.41) is 5.12. The standard InChI is InChI=1S/C18H13F3N2O2S/c19-12-3-1-11(2-4-12)17-23-14(10-26-17)9-16(24)22-13-5-7-15(8-6-13)25-18(20)21/h1-8,10,18H,9H2,(H,22,24). The van der Waals surface area contributed by atoms with Crippen molar-refractivity contribution in [2.45, 2.75) is 13.0 Å². The molecule has 1 aromatic heterocycles. The summed E-state index contributed by atoms with van der Waals surface area (Å²) >= 11 is 1.36. The third kappa shape index (κ3) is 4.82. The molecule has 0 bridgehead atoms. The topological polar surface area (TPSA) is 51.2 Å². The quantitative estimate of drug-likeness (QED) is 0.675. The van der Waals surface area contributed by atoms with Crippen LogP contribution in [0.2, 0.25) is 0 Å². The van der Waals surface area contributed by atoms with Gasteiger partial charge in [0, 0.05) is 16.6 Å². The Hall–Kier alpha value is -2.87. The summed E-state index contributed by atoms with van der Waals surface area (Å²) in [6, 6.07) is 11.6. The van der Waals surface area contributed by atoms with Crippen molar-refractivity contribution in [3.8, 4) is 16.3 Å². The third-order valence-electron chi connectivity index (χ3n) is 3.35. The summed E-state index contributed by atoms with van der Waals surface area (Å²) in [7, 11) is 0. The molecule has 0 aliphatic heterocycles. The maximum Gasteiger partial charge on any atom is 0.387 e. The van der Waals surface area contributed by atoms with Crippen molar-refractivity contribution < 1.29 is 22.7 Å². The molecule has 8 heteroatoms. The number of alkyl halides is 2. The largest absolute Gasteiger partial charge is 0.435 e. The first-order valence-electron chi connectivity index (χ1n) is 7.54. The Morgan fingerprint density at radius 3 is 2.46 bits per heavy atom. The Morgan fingerprint density at radius 2 is 1.81 bits per heavy atom. The van der Waals surface area contributed by atoms with E-state index in [0.717, 1.165) is 5.56 Å². The molecular formula is C18H13F3N2O2S. The van der Waals surface area contributed by atoms with Crippen LogP contribution in [0.4, 0.5) is 18.9 Å². The Labute approximate surface area is 151 Å². The van der Waals surface area contributed by atoms with Crippen LogP contribution in [0.1, 0.15) is 5.69 Å². The molecule has 0 aliphatic rings. The number of carbonyl (C=O) groups is 1. The molecular weight excluding hydrogens is 365 g/mol. The van der Waals surface area contributed by atoms with Gasteiger partial charge in [-0.2, -0.15) is 8.78 Å². The molecule has 0 fully saturated rings. The van der Waals surface area contributed by atoms with Gasteiger partial charge in [0.2, 0.25) is 5.91 Å². The van der Waals surface area contributed by atoms with Crippen LogP contribution in [0.5, 0.6) is 5.75 Å². The highest BCUT2D eigenvalue weighted by Gasteiger charge is 2.10. The first-order chi connectivity index (χ1) is 12.5. The molecule has 1 amide bonds. The van der Waals surface area contributed by atoms with Crippen LogP contribution in [-0.2, 0) is 11.2 Å². The van der Waals surface area contributed by atoms with Crippen molar-refractivity contribution in [3.63, 3.8) is 0 Å². The van der Waals surface area contributed by atoms with Crippen LogP contribution < -0.4 is 10.1 Å². The molecule has 0 unspecified atom stereocenters. The number of nitrogens with one attached hydrogen (secondary N) is 1. The van der Waals surface area contributed by atoms with Gasteiger partial charge in [-0.1, -0.05) is 0 Å². The number of aromatic nitrogens is 1. The van der Waals surface area contributed by atoms with E-state index in [4.69, 9.17) is 0 Å². The van der Waals surface area contributed by atoms with E-state index < -0.39 is 6.61 Å². The van der Waals surface area contributed by atoms with Crippen molar-refractivity contribution in [2.24, 2.45) is 0 Å². The van der Waals surface area contributed by atoms with Crippen molar-refractivity contribution in [2.75, 3.05) is 5.32 Å². The molecule has 0 radical (unpaired) electrons. The second-order valence-electron chi connectivity index (χ2n) is 5.28. The summed E-state index contributed by atoms with van der Waals surface area (Å²) < 4.78 is 41.4. The number of thiazole rings is 1. The van der Waals surface area contributed by atoms with Gasteiger partial charge in [-0.05, 0) is 48.5 Å². The monoisotopic (exact) mass is 378 g/mol. The van der Waals surface area contributed by atoms with Gasteiger partial charge in [0.05, 0.1) is 12.1 Å². The molecule has 1 heterocycles. The first kappa shape index (κ1) is 17.9. The molecule has 0 spiro atoms. The number of halogens is 3. The Balaban J connectivity index is 1.59. The number of nitrogens with zero attached hydrogens (tertiary/aromatic N) is 1. The SMILES string of the molecule is O=C(Cc1csc(-c2ccc(F)cc2)n1)Nc1ccc(OC(F)F)cc1. The van der Waals surface area contributed by atoms with Crippen molar-refractivity contribution >= 4 is 22.9 Å². The zero-order chi connectivity index (χ0) is 18.5. The number of carbonyl (C=O) groups excluding carboxylic acids is 1. The van der Waals surface area contributed by atoms with Gasteiger partial charge in [0.25, 0.3) is 0 Å². The average molecular weight is 378 g/mol. The van der Waals surface area contributed by atoms with Crippen molar-refractivity contribution in [1.29, 1.82) is 0 Å². The van der Waals surface area contributed by atoms with Crippen LogP contribution in [-0.4, -0.2) is 17.5 Å². The molecule has 134 valence electrons. The van der Waals surface area contributed by atoms with Crippen molar-refractivity contribution in [3.05, 3.63) is 65.4 Å². The molecule has 0 aliphatic carbocycles. The van der Waals surface area contributed by atoms with Gasteiger partial charge in [-0.3, -0.25) is 4.79 Å². The van der Waals surface area contributed by atoms with Gasteiger partial charge in [-0.15, -0.1) is 11.3 Å². The predicted octanol–water partition coefficient (Wildman–Crippen LogP) is 4.73. The Kier molecular flexibility index (Phi) is 5.52. The summed E-state index contributed by atoms with van der Waals surface area (Å²) in [5.74, 6) is -0.597. The fraction of sp³-hybridized carbons (Fsp3) is 0.111. The van der Waals surface area contributed by atoms with E-state index in [1.807, 2.05) is 0 Å². The molecule has 0 saturated heterocycles. The normalized spacial score (nSPS) is 10.8. The minimum atomic E-state index is -2.89. The number of amides is 1. The number of anilines is 1. The highest BCUT2D eigenvalue weighted by atomic mass is 32.1. The molecule has 1 N–H and O–H groups in total. The average Bonchev–Trinajstić information content (AvgIpc) is 3.05. The summed E-state index contributed by atoms with van der Waals surface area (Å²) in [5.41, 5.74) is 1.83. The second kappa shape index (κ2) is 8.01. The zero-order valence-electron chi connectivity index (χ0n) is 13.3. The fourth-order valence-corrected chi connectivity index (χ4v) is 3.03. The van der Waals surface area contributed by atoms with E-state index in [-0.39, 0.29) is 23.9 Å². The predicted molar refractivity (Wildman–Crippen MR) is 92.9 cm³/mol. The number of rotatable bonds is 6. The Morgan fingerprint density at radius 1 is 1.12 bits per heavy atom. The highest BCUT2D eigenvalue weighted by Crippen LogP contribution is 2.24. The smallest absolute Gasteiger partial charge is 0.387 e. The van der Waals surface area contributed by atoms with Gasteiger partial charge in [-0.25, -0.2) is 9.37 Å². The number of hydrogen-bond acceptors (Lipinski definition) is 4. The van der Waals surface area contributed by atoms with Crippen molar-refractivity contribution in [1.82, 2.24) is 4.98 Å². The van der Waals surface area contributed by atoms with E-state index >= 15 is 0 Å². The highest BCUT2D eigenvalue weighted by molar-refractivity contribution is 7.13. The van der Waals surface area contributed by atoms with E-state index in [0.29, 0.717) is 16.4 Å².